The standard InChI is InChI=1S/C23H25N3O6/c1-15-12-18(27)20(29)21(32-15)23(6-10-31-11-7-23)13-19(28)24-8-9-26-14-25-17-5-3-2-4-16(17)22(26)30/h2-5,12,14,29H,6-11,13H2,1H3,(H,24,28). The normalized spacial score (nSPS) is 15.5. The highest BCUT2D eigenvalue weighted by atomic mass is 16.5. The van der Waals surface area contributed by atoms with Crippen LogP contribution in [0.15, 0.2) is 50.7 Å². The molecule has 2 aromatic heterocycles. The first-order valence-corrected chi connectivity index (χ1v) is 10.5. The lowest BCUT2D eigenvalue weighted by atomic mass is 9.74. The second-order valence-corrected chi connectivity index (χ2v) is 8.08. The third-order valence-corrected chi connectivity index (χ3v) is 5.88. The molecule has 0 aliphatic carbocycles. The number of aromatic hydroxyl groups is 1. The first-order valence-electron chi connectivity index (χ1n) is 10.5. The molecule has 3 heterocycles. The van der Waals surface area contributed by atoms with Crippen LogP contribution in [0.4, 0.5) is 0 Å². The molecule has 1 aliphatic heterocycles. The second kappa shape index (κ2) is 8.96. The van der Waals surface area contributed by atoms with Gasteiger partial charge in [0, 0.05) is 44.2 Å². The second-order valence-electron chi connectivity index (χ2n) is 8.08. The number of carbonyl (C=O) groups is 1. The van der Waals surface area contributed by atoms with E-state index in [1.807, 2.05) is 6.07 Å². The highest BCUT2D eigenvalue weighted by molar-refractivity contribution is 5.78. The first-order chi connectivity index (χ1) is 15.4. The van der Waals surface area contributed by atoms with Crippen LogP contribution in [0, 0.1) is 6.92 Å². The van der Waals surface area contributed by atoms with Crippen LogP contribution in [0.1, 0.15) is 30.8 Å². The molecule has 1 aliphatic rings. The SMILES string of the molecule is Cc1cc(=O)c(O)c(C2(CC(=O)NCCn3cnc4ccccc4c3=O)CCOCC2)o1. The molecule has 9 heteroatoms. The number of aromatic nitrogens is 2. The monoisotopic (exact) mass is 439 g/mol. The quantitative estimate of drug-likeness (QED) is 0.598. The van der Waals surface area contributed by atoms with Crippen molar-refractivity contribution >= 4 is 16.8 Å². The van der Waals surface area contributed by atoms with Gasteiger partial charge >= 0.3 is 0 Å². The lowest BCUT2D eigenvalue weighted by molar-refractivity contribution is -0.123. The van der Waals surface area contributed by atoms with Crippen LogP contribution >= 0.6 is 0 Å². The van der Waals surface area contributed by atoms with E-state index in [9.17, 15) is 19.5 Å². The summed E-state index contributed by atoms with van der Waals surface area (Å²) in [7, 11) is 0. The van der Waals surface area contributed by atoms with Gasteiger partial charge in [0.15, 0.2) is 5.76 Å². The number of hydrogen-bond donors (Lipinski definition) is 2. The summed E-state index contributed by atoms with van der Waals surface area (Å²) in [5.41, 5.74) is -0.909. The Morgan fingerprint density at radius 1 is 1.25 bits per heavy atom. The Morgan fingerprint density at radius 3 is 2.78 bits per heavy atom. The van der Waals surface area contributed by atoms with Gasteiger partial charge in [0.1, 0.15) is 5.76 Å². The van der Waals surface area contributed by atoms with Crippen LogP contribution in [0.25, 0.3) is 10.9 Å². The van der Waals surface area contributed by atoms with Gasteiger partial charge < -0.3 is 19.6 Å². The predicted molar refractivity (Wildman–Crippen MR) is 117 cm³/mol. The Hall–Kier alpha value is -3.46. The van der Waals surface area contributed by atoms with E-state index in [0.717, 1.165) is 0 Å². The van der Waals surface area contributed by atoms with Crippen molar-refractivity contribution in [2.45, 2.75) is 38.1 Å². The minimum Gasteiger partial charge on any atom is -0.502 e. The van der Waals surface area contributed by atoms with Gasteiger partial charge in [-0.2, -0.15) is 0 Å². The maximum Gasteiger partial charge on any atom is 0.261 e. The van der Waals surface area contributed by atoms with Gasteiger partial charge in [-0.05, 0) is 31.9 Å². The topological polar surface area (TPSA) is 124 Å². The predicted octanol–water partition coefficient (Wildman–Crippen LogP) is 1.62. The first kappa shape index (κ1) is 21.8. The zero-order valence-corrected chi connectivity index (χ0v) is 17.8. The molecule has 1 fully saturated rings. The van der Waals surface area contributed by atoms with Crippen molar-refractivity contribution in [1.29, 1.82) is 0 Å². The molecule has 4 rings (SSSR count). The van der Waals surface area contributed by atoms with Crippen LogP contribution in [-0.2, 0) is 21.5 Å². The number of hydrogen-bond acceptors (Lipinski definition) is 7. The summed E-state index contributed by atoms with van der Waals surface area (Å²) < 4.78 is 12.6. The molecule has 9 nitrogen and oxygen atoms in total. The number of ether oxygens (including phenoxy) is 1. The summed E-state index contributed by atoms with van der Waals surface area (Å²) in [6, 6.07) is 8.32. The number of para-hydroxylation sites is 1. The molecule has 3 aromatic rings. The largest absolute Gasteiger partial charge is 0.502 e. The van der Waals surface area contributed by atoms with E-state index >= 15 is 0 Å². The van der Waals surface area contributed by atoms with Crippen molar-refractivity contribution in [2.24, 2.45) is 0 Å². The van der Waals surface area contributed by atoms with Crippen molar-refractivity contribution in [2.75, 3.05) is 19.8 Å². The number of fused-ring (bicyclic) bond motifs is 1. The molecule has 0 radical (unpaired) electrons. The molecule has 32 heavy (non-hydrogen) atoms. The molecule has 1 amide bonds. The van der Waals surface area contributed by atoms with E-state index in [1.54, 1.807) is 25.1 Å². The molecule has 0 saturated carbocycles. The van der Waals surface area contributed by atoms with E-state index in [1.165, 1.54) is 17.0 Å². The Morgan fingerprint density at radius 2 is 2.00 bits per heavy atom. The number of rotatable bonds is 6. The number of nitrogens with one attached hydrogen (secondary N) is 1. The smallest absolute Gasteiger partial charge is 0.261 e. The minimum atomic E-state index is -0.834. The number of amides is 1. The van der Waals surface area contributed by atoms with Gasteiger partial charge in [0.2, 0.25) is 17.1 Å². The van der Waals surface area contributed by atoms with E-state index in [2.05, 4.69) is 10.3 Å². The van der Waals surface area contributed by atoms with Crippen molar-refractivity contribution in [3.05, 3.63) is 68.8 Å². The summed E-state index contributed by atoms with van der Waals surface area (Å²) in [5, 5.41) is 13.7. The molecule has 0 spiro atoms. The summed E-state index contributed by atoms with van der Waals surface area (Å²) in [6.45, 7) is 2.91. The maximum absolute atomic E-state index is 12.8. The van der Waals surface area contributed by atoms with Crippen molar-refractivity contribution < 1.29 is 19.1 Å². The molecule has 2 N–H and O–H groups in total. The Kier molecular flexibility index (Phi) is 6.09. The van der Waals surface area contributed by atoms with Crippen LogP contribution in [0.5, 0.6) is 5.75 Å². The van der Waals surface area contributed by atoms with Gasteiger partial charge in [0.05, 0.1) is 17.2 Å². The molecule has 0 unspecified atom stereocenters. The molecule has 168 valence electrons. The van der Waals surface area contributed by atoms with Crippen molar-refractivity contribution in [3.63, 3.8) is 0 Å². The Bertz CT molecular complexity index is 1260. The fraction of sp³-hybridized carbons (Fsp3) is 0.391. The fourth-order valence-electron chi connectivity index (χ4n) is 4.16. The van der Waals surface area contributed by atoms with Gasteiger partial charge in [-0.3, -0.25) is 19.0 Å². The van der Waals surface area contributed by atoms with Gasteiger partial charge in [-0.15, -0.1) is 0 Å². The maximum atomic E-state index is 12.8. The van der Waals surface area contributed by atoms with Crippen molar-refractivity contribution in [3.8, 4) is 5.75 Å². The van der Waals surface area contributed by atoms with E-state index in [0.29, 0.717) is 42.7 Å². The zero-order chi connectivity index (χ0) is 22.7. The van der Waals surface area contributed by atoms with Crippen LogP contribution < -0.4 is 16.3 Å². The third kappa shape index (κ3) is 4.29. The molecule has 1 saturated heterocycles. The lowest BCUT2D eigenvalue weighted by Crippen LogP contribution is -2.41. The average Bonchev–Trinajstić information content (AvgIpc) is 2.78. The molecule has 0 bridgehead atoms. The van der Waals surface area contributed by atoms with Gasteiger partial charge in [0.25, 0.3) is 5.56 Å². The molecular weight excluding hydrogens is 414 g/mol. The van der Waals surface area contributed by atoms with Crippen LogP contribution in [0.3, 0.4) is 0 Å². The summed E-state index contributed by atoms with van der Waals surface area (Å²) in [4.78, 5) is 41.8. The van der Waals surface area contributed by atoms with E-state index in [-0.39, 0.29) is 36.7 Å². The number of benzene rings is 1. The molecular formula is C23H25N3O6. The van der Waals surface area contributed by atoms with Gasteiger partial charge in [-0.1, -0.05) is 12.1 Å². The Balaban J connectivity index is 1.48. The number of carbonyl (C=O) groups excluding carboxylic acids is 1. The molecule has 1 aromatic carbocycles. The number of aryl methyl sites for hydroxylation is 1. The fourth-order valence-corrected chi connectivity index (χ4v) is 4.16. The minimum absolute atomic E-state index is 0.0290. The van der Waals surface area contributed by atoms with Crippen LogP contribution in [0.2, 0.25) is 0 Å². The van der Waals surface area contributed by atoms with Gasteiger partial charge in [-0.25, -0.2) is 4.98 Å². The van der Waals surface area contributed by atoms with Crippen molar-refractivity contribution in [1.82, 2.24) is 14.9 Å². The van der Waals surface area contributed by atoms with E-state index < -0.39 is 16.6 Å². The van der Waals surface area contributed by atoms with Crippen LogP contribution in [-0.4, -0.2) is 40.3 Å². The summed E-state index contributed by atoms with van der Waals surface area (Å²) in [5.74, 6) is -0.218. The number of nitrogens with zero attached hydrogens (tertiary/aromatic N) is 2. The highest BCUT2D eigenvalue weighted by Crippen LogP contribution is 2.41. The lowest BCUT2D eigenvalue weighted by Gasteiger charge is -2.35. The summed E-state index contributed by atoms with van der Waals surface area (Å²) in [6.07, 6.45) is 2.38. The third-order valence-electron chi connectivity index (χ3n) is 5.88. The van der Waals surface area contributed by atoms with E-state index in [4.69, 9.17) is 9.15 Å². The zero-order valence-electron chi connectivity index (χ0n) is 17.8. The highest BCUT2D eigenvalue weighted by Gasteiger charge is 2.41. The average molecular weight is 439 g/mol. The summed E-state index contributed by atoms with van der Waals surface area (Å²) >= 11 is 0. The Labute approximate surface area is 183 Å². The molecule has 0 atom stereocenters.